The highest BCUT2D eigenvalue weighted by Gasteiger charge is 2.55. The minimum absolute atomic E-state index is 0.0250. The van der Waals surface area contributed by atoms with Crippen LogP contribution in [-0.2, 0) is 23.7 Å². The number of pyridine rings is 1. The third kappa shape index (κ3) is 4.04. The molecule has 5 heteroatoms. The number of carbonyl (C=O) groups is 1. The van der Waals surface area contributed by atoms with Gasteiger partial charge in [-0.2, -0.15) is 0 Å². The van der Waals surface area contributed by atoms with E-state index in [2.05, 4.69) is 46.6 Å². The summed E-state index contributed by atoms with van der Waals surface area (Å²) in [7, 11) is 1.85. The van der Waals surface area contributed by atoms with Crippen molar-refractivity contribution in [3.05, 3.63) is 69.6 Å². The number of aryl methyl sites for hydroxylation is 1. The molecule has 3 heterocycles. The van der Waals surface area contributed by atoms with E-state index in [0.717, 1.165) is 57.3 Å². The number of hydrogen-bond acceptors (Lipinski definition) is 2. The lowest BCUT2D eigenvalue weighted by Crippen LogP contribution is -2.82. The smallest absolute Gasteiger partial charge is 0.253 e. The first-order valence-electron chi connectivity index (χ1n) is 14.4. The lowest BCUT2D eigenvalue weighted by atomic mass is 9.64. The van der Waals surface area contributed by atoms with Gasteiger partial charge in [0.05, 0.1) is 18.5 Å². The molecule has 2 aromatic rings. The summed E-state index contributed by atoms with van der Waals surface area (Å²) < 4.78 is 1.71. The van der Waals surface area contributed by atoms with Gasteiger partial charge < -0.3 is 14.8 Å². The normalized spacial score (nSPS) is 30.9. The maximum Gasteiger partial charge on any atom is 0.253 e. The first kappa shape index (κ1) is 24.0. The van der Waals surface area contributed by atoms with Crippen molar-refractivity contribution >= 4 is 5.91 Å². The second-order valence-electron chi connectivity index (χ2n) is 12.0. The second-order valence-corrected chi connectivity index (χ2v) is 12.0. The summed E-state index contributed by atoms with van der Waals surface area (Å²) in [4.78, 5) is 29.9. The average Bonchev–Trinajstić information content (AvgIpc) is 3.35. The SMILES string of the molecule is Cn1ccc2c(c1=O)CCC[C@]21C[NH2+]C[C@H]1C(=O)N1CC[C@@H](c2ccccc2)C[C@H]1C1CCCCC1. The molecule has 1 aromatic heterocycles. The molecule has 2 aliphatic carbocycles. The first-order valence-corrected chi connectivity index (χ1v) is 14.4. The zero-order chi connectivity index (χ0) is 24.7. The Morgan fingerprint density at radius 2 is 1.83 bits per heavy atom. The number of likely N-dealkylation sites (tertiary alicyclic amines) is 1. The Kier molecular flexibility index (Phi) is 6.53. The summed E-state index contributed by atoms with van der Waals surface area (Å²) in [5, 5.41) is 2.35. The minimum Gasteiger partial charge on any atom is -0.345 e. The van der Waals surface area contributed by atoms with E-state index in [0.29, 0.717) is 23.8 Å². The molecule has 1 saturated carbocycles. The van der Waals surface area contributed by atoms with Gasteiger partial charge >= 0.3 is 0 Å². The number of aromatic nitrogens is 1. The molecule has 3 fully saturated rings. The fraction of sp³-hybridized carbons (Fsp3) is 0.613. The van der Waals surface area contributed by atoms with Gasteiger partial charge in [0.15, 0.2) is 0 Å². The average molecular weight is 489 g/mol. The second kappa shape index (κ2) is 9.81. The van der Waals surface area contributed by atoms with Crippen molar-refractivity contribution in [2.45, 2.75) is 81.6 Å². The molecule has 1 aromatic carbocycles. The summed E-state index contributed by atoms with van der Waals surface area (Å²) >= 11 is 0. The van der Waals surface area contributed by atoms with Crippen LogP contribution in [0.15, 0.2) is 47.4 Å². The molecule has 4 aliphatic rings. The standard InChI is InChI=1S/C31H41N3O2/c1-33-17-15-26-25(29(33)35)13-8-16-31(26)21-32-20-27(31)30(36)34-18-14-24(22-9-4-2-5-10-22)19-28(34)23-11-6-3-7-12-23/h2,4-5,9-10,15,17,23-24,27-28,32H,3,6-8,11-14,16,18-21H2,1H3/p+1/t24-,27+,28+,31+/m1/s1. The molecule has 2 N–H and O–H groups in total. The first-order chi connectivity index (χ1) is 17.6. The minimum atomic E-state index is -0.189. The highest BCUT2D eigenvalue weighted by molar-refractivity contribution is 5.82. The number of fused-ring (bicyclic) bond motifs is 2. The van der Waals surface area contributed by atoms with Gasteiger partial charge in [0, 0.05) is 31.4 Å². The van der Waals surface area contributed by atoms with Gasteiger partial charge in [-0.3, -0.25) is 9.59 Å². The molecule has 4 atom stereocenters. The number of rotatable bonds is 3. The van der Waals surface area contributed by atoms with Crippen molar-refractivity contribution in [1.82, 2.24) is 9.47 Å². The number of quaternary nitrogens is 1. The van der Waals surface area contributed by atoms with Gasteiger partial charge in [0.1, 0.15) is 5.92 Å². The van der Waals surface area contributed by atoms with Crippen LogP contribution in [0.5, 0.6) is 0 Å². The van der Waals surface area contributed by atoms with E-state index in [-0.39, 0.29) is 16.9 Å². The van der Waals surface area contributed by atoms with E-state index in [9.17, 15) is 9.59 Å². The van der Waals surface area contributed by atoms with E-state index >= 15 is 0 Å². The van der Waals surface area contributed by atoms with Crippen LogP contribution in [0, 0.1) is 11.8 Å². The Bertz CT molecular complexity index is 1150. The molecular weight excluding hydrogens is 446 g/mol. The van der Waals surface area contributed by atoms with Crippen molar-refractivity contribution in [1.29, 1.82) is 0 Å². The van der Waals surface area contributed by atoms with Crippen molar-refractivity contribution in [2.24, 2.45) is 18.9 Å². The Hall–Kier alpha value is -2.40. The number of hydrogen-bond donors (Lipinski definition) is 1. The molecule has 5 nitrogen and oxygen atoms in total. The zero-order valence-electron chi connectivity index (χ0n) is 21.8. The van der Waals surface area contributed by atoms with Crippen LogP contribution in [0.1, 0.15) is 80.4 Å². The number of nitrogens with two attached hydrogens (primary N) is 1. The lowest BCUT2D eigenvalue weighted by Gasteiger charge is -2.47. The van der Waals surface area contributed by atoms with Gasteiger partial charge in [-0.1, -0.05) is 49.6 Å². The molecular formula is C31H42N3O2+. The van der Waals surface area contributed by atoms with E-state index < -0.39 is 0 Å². The van der Waals surface area contributed by atoms with Crippen molar-refractivity contribution in [3.63, 3.8) is 0 Å². The van der Waals surface area contributed by atoms with E-state index in [1.54, 1.807) is 4.57 Å². The molecule has 2 saturated heterocycles. The summed E-state index contributed by atoms with van der Waals surface area (Å²) in [6.07, 6.45) is 13.4. The molecule has 1 spiro atoms. The van der Waals surface area contributed by atoms with Crippen LogP contribution in [0.2, 0.25) is 0 Å². The fourth-order valence-corrected chi connectivity index (χ4v) is 8.36. The van der Waals surface area contributed by atoms with Crippen LogP contribution in [0.3, 0.4) is 0 Å². The van der Waals surface area contributed by atoms with E-state index in [1.807, 2.05) is 13.2 Å². The highest BCUT2D eigenvalue weighted by atomic mass is 16.2. The molecule has 1 amide bonds. The molecule has 0 unspecified atom stereocenters. The number of amides is 1. The van der Waals surface area contributed by atoms with Crippen LogP contribution >= 0.6 is 0 Å². The monoisotopic (exact) mass is 488 g/mol. The topological polar surface area (TPSA) is 58.9 Å². The van der Waals surface area contributed by atoms with Crippen molar-refractivity contribution in [2.75, 3.05) is 19.6 Å². The van der Waals surface area contributed by atoms with Crippen molar-refractivity contribution in [3.8, 4) is 0 Å². The summed E-state index contributed by atoms with van der Waals surface area (Å²) in [5.74, 6) is 1.52. The number of carbonyl (C=O) groups excluding carboxylic acids is 1. The van der Waals surface area contributed by atoms with Gasteiger partial charge in [0.25, 0.3) is 5.56 Å². The van der Waals surface area contributed by atoms with E-state index in [1.165, 1.54) is 43.2 Å². The summed E-state index contributed by atoms with van der Waals surface area (Å²) in [6.45, 7) is 2.65. The van der Waals surface area contributed by atoms with Crippen LogP contribution in [0.25, 0.3) is 0 Å². The van der Waals surface area contributed by atoms with Crippen LogP contribution < -0.4 is 10.9 Å². The Morgan fingerprint density at radius 1 is 1.03 bits per heavy atom. The quantitative estimate of drug-likeness (QED) is 0.719. The number of benzene rings is 1. The summed E-state index contributed by atoms with van der Waals surface area (Å²) in [5.41, 5.74) is 3.52. The molecule has 0 radical (unpaired) electrons. The van der Waals surface area contributed by atoms with Gasteiger partial charge in [-0.25, -0.2) is 0 Å². The van der Waals surface area contributed by atoms with Crippen molar-refractivity contribution < 1.29 is 10.1 Å². The predicted octanol–water partition coefficient (Wildman–Crippen LogP) is 3.51. The summed E-state index contributed by atoms with van der Waals surface area (Å²) in [6, 6.07) is 13.5. The Balaban J connectivity index is 1.32. The largest absolute Gasteiger partial charge is 0.345 e. The Morgan fingerprint density at radius 3 is 2.64 bits per heavy atom. The predicted molar refractivity (Wildman–Crippen MR) is 142 cm³/mol. The van der Waals surface area contributed by atoms with Crippen LogP contribution in [0.4, 0.5) is 0 Å². The maximum absolute atomic E-state index is 14.6. The highest BCUT2D eigenvalue weighted by Crippen LogP contribution is 2.45. The van der Waals surface area contributed by atoms with E-state index in [4.69, 9.17) is 0 Å². The number of piperidine rings is 1. The zero-order valence-corrected chi connectivity index (χ0v) is 21.8. The Labute approximate surface area is 215 Å². The van der Waals surface area contributed by atoms with Gasteiger partial charge in [-0.05, 0) is 74.0 Å². The van der Waals surface area contributed by atoms with Gasteiger partial charge in [0.2, 0.25) is 5.91 Å². The molecule has 2 aliphatic heterocycles. The number of nitrogens with zero attached hydrogens (tertiary/aromatic N) is 2. The fourth-order valence-electron chi connectivity index (χ4n) is 8.36. The molecule has 0 bridgehead atoms. The molecule has 192 valence electrons. The third-order valence-electron chi connectivity index (χ3n) is 10.2. The van der Waals surface area contributed by atoms with Gasteiger partial charge in [-0.15, -0.1) is 0 Å². The lowest BCUT2D eigenvalue weighted by molar-refractivity contribution is -0.640. The maximum atomic E-state index is 14.6. The molecule has 36 heavy (non-hydrogen) atoms. The molecule has 6 rings (SSSR count). The third-order valence-corrected chi connectivity index (χ3v) is 10.2. The van der Waals surface area contributed by atoms with Crippen LogP contribution in [-0.4, -0.2) is 41.1 Å².